The third kappa shape index (κ3) is 2.81. The fourth-order valence-corrected chi connectivity index (χ4v) is 3.90. The molecule has 3 heterocycles. The second kappa shape index (κ2) is 5.93. The van der Waals surface area contributed by atoms with Gasteiger partial charge in [0, 0.05) is 24.6 Å². The van der Waals surface area contributed by atoms with Gasteiger partial charge >= 0.3 is 0 Å². The molecule has 0 aliphatic carbocycles. The van der Waals surface area contributed by atoms with Gasteiger partial charge in [-0.15, -0.1) is 11.3 Å². The van der Waals surface area contributed by atoms with Gasteiger partial charge in [-0.3, -0.25) is 4.90 Å². The number of thiophene rings is 1. The number of rotatable bonds is 2. The molecule has 1 aliphatic heterocycles. The van der Waals surface area contributed by atoms with Crippen LogP contribution in [0.15, 0.2) is 0 Å². The monoisotopic (exact) mass is 311 g/mol. The SMILES string of the molecule is Cc1sc2nc(CN3CCCOCC3)nc(Cl)c2c1C. The van der Waals surface area contributed by atoms with Crippen LogP contribution in [0, 0.1) is 13.8 Å². The zero-order valence-electron chi connectivity index (χ0n) is 11.8. The van der Waals surface area contributed by atoms with Crippen LogP contribution in [0.1, 0.15) is 22.7 Å². The van der Waals surface area contributed by atoms with Crippen LogP contribution in [0.2, 0.25) is 5.15 Å². The highest BCUT2D eigenvalue weighted by atomic mass is 35.5. The van der Waals surface area contributed by atoms with Gasteiger partial charge in [0.2, 0.25) is 0 Å². The van der Waals surface area contributed by atoms with Gasteiger partial charge < -0.3 is 4.74 Å². The second-order valence-corrected chi connectivity index (χ2v) is 6.70. The van der Waals surface area contributed by atoms with E-state index in [0.717, 1.165) is 55.3 Å². The van der Waals surface area contributed by atoms with E-state index in [1.807, 2.05) is 0 Å². The first-order valence-electron chi connectivity index (χ1n) is 6.87. The minimum absolute atomic E-state index is 0.581. The maximum Gasteiger partial charge on any atom is 0.145 e. The lowest BCUT2D eigenvalue weighted by Crippen LogP contribution is -2.26. The molecule has 0 spiro atoms. The summed E-state index contributed by atoms with van der Waals surface area (Å²) in [5, 5.41) is 1.59. The number of aryl methyl sites for hydroxylation is 2. The number of hydrogen-bond acceptors (Lipinski definition) is 5. The Morgan fingerprint density at radius 1 is 1.25 bits per heavy atom. The lowest BCUT2D eigenvalue weighted by atomic mass is 10.2. The molecule has 2 aromatic rings. The molecular formula is C14H18ClN3OS. The lowest BCUT2D eigenvalue weighted by Gasteiger charge is -2.17. The van der Waals surface area contributed by atoms with Crippen LogP contribution in [-0.2, 0) is 11.3 Å². The van der Waals surface area contributed by atoms with Crippen LogP contribution in [0.3, 0.4) is 0 Å². The summed E-state index contributed by atoms with van der Waals surface area (Å²) in [6, 6.07) is 0. The van der Waals surface area contributed by atoms with E-state index < -0.39 is 0 Å². The molecule has 1 fully saturated rings. The Kier molecular flexibility index (Phi) is 4.21. The molecular weight excluding hydrogens is 294 g/mol. The maximum atomic E-state index is 6.34. The van der Waals surface area contributed by atoms with E-state index in [1.54, 1.807) is 11.3 Å². The molecule has 3 rings (SSSR count). The number of halogens is 1. The first-order valence-corrected chi connectivity index (χ1v) is 8.07. The molecule has 0 N–H and O–H groups in total. The highest BCUT2D eigenvalue weighted by Crippen LogP contribution is 2.33. The molecule has 0 radical (unpaired) electrons. The standard InChI is InChI=1S/C14H18ClN3OS/c1-9-10(2)20-14-12(9)13(15)16-11(17-14)8-18-4-3-6-19-7-5-18/h3-8H2,1-2H3. The Morgan fingerprint density at radius 2 is 2.10 bits per heavy atom. The summed E-state index contributed by atoms with van der Waals surface area (Å²) in [4.78, 5) is 13.8. The molecule has 4 nitrogen and oxygen atoms in total. The highest BCUT2D eigenvalue weighted by Gasteiger charge is 2.16. The molecule has 6 heteroatoms. The van der Waals surface area contributed by atoms with E-state index >= 15 is 0 Å². The molecule has 0 amide bonds. The Hall–Kier alpha value is -0.750. The Morgan fingerprint density at radius 3 is 2.95 bits per heavy atom. The molecule has 108 valence electrons. The second-order valence-electron chi connectivity index (χ2n) is 5.14. The number of nitrogens with zero attached hydrogens (tertiary/aromatic N) is 3. The first kappa shape index (κ1) is 14.2. The van der Waals surface area contributed by atoms with Gasteiger partial charge in [-0.05, 0) is 25.8 Å². The average Bonchev–Trinajstić information content (AvgIpc) is 2.59. The summed E-state index contributed by atoms with van der Waals surface area (Å²) >= 11 is 8.04. The van der Waals surface area contributed by atoms with Crippen LogP contribution in [0.4, 0.5) is 0 Å². The Labute approximate surface area is 127 Å². The summed E-state index contributed by atoms with van der Waals surface area (Å²) in [7, 11) is 0. The van der Waals surface area contributed by atoms with Gasteiger partial charge in [0.1, 0.15) is 15.8 Å². The molecule has 1 aliphatic rings. The van der Waals surface area contributed by atoms with Crippen molar-refractivity contribution < 1.29 is 4.74 Å². The van der Waals surface area contributed by atoms with Crippen LogP contribution >= 0.6 is 22.9 Å². The number of aromatic nitrogens is 2. The van der Waals surface area contributed by atoms with E-state index in [0.29, 0.717) is 5.15 Å². The fourth-order valence-electron chi connectivity index (χ4n) is 2.47. The van der Waals surface area contributed by atoms with Crippen LogP contribution in [-0.4, -0.2) is 41.2 Å². The fraction of sp³-hybridized carbons (Fsp3) is 0.571. The van der Waals surface area contributed by atoms with Gasteiger partial charge in [-0.1, -0.05) is 11.6 Å². The lowest BCUT2D eigenvalue weighted by molar-refractivity contribution is 0.140. The van der Waals surface area contributed by atoms with Crippen molar-refractivity contribution in [2.75, 3.05) is 26.3 Å². The van der Waals surface area contributed by atoms with E-state index in [4.69, 9.17) is 16.3 Å². The van der Waals surface area contributed by atoms with E-state index in [2.05, 4.69) is 28.7 Å². The summed E-state index contributed by atoms with van der Waals surface area (Å²) in [5.74, 6) is 0.811. The Balaban J connectivity index is 1.88. The number of fused-ring (bicyclic) bond motifs is 1. The predicted octanol–water partition coefficient (Wildman–Crippen LogP) is 3.18. The average molecular weight is 312 g/mol. The minimum Gasteiger partial charge on any atom is -0.380 e. The van der Waals surface area contributed by atoms with Crippen molar-refractivity contribution in [3.63, 3.8) is 0 Å². The Bertz CT molecular complexity index is 620. The van der Waals surface area contributed by atoms with Crippen LogP contribution < -0.4 is 0 Å². The molecule has 1 saturated heterocycles. The van der Waals surface area contributed by atoms with E-state index in [9.17, 15) is 0 Å². The minimum atomic E-state index is 0.581. The van der Waals surface area contributed by atoms with Gasteiger partial charge in [0.15, 0.2) is 0 Å². The van der Waals surface area contributed by atoms with Crippen molar-refractivity contribution >= 4 is 33.2 Å². The topological polar surface area (TPSA) is 38.2 Å². The first-order chi connectivity index (χ1) is 9.65. The third-order valence-corrected chi connectivity index (χ3v) is 5.09. The van der Waals surface area contributed by atoms with Gasteiger partial charge in [0.05, 0.1) is 18.5 Å². The van der Waals surface area contributed by atoms with Crippen molar-refractivity contribution in [2.24, 2.45) is 0 Å². The molecule has 0 aromatic carbocycles. The third-order valence-electron chi connectivity index (χ3n) is 3.71. The van der Waals surface area contributed by atoms with Crippen molar-refractivity contribution in [1.82, 2.24) is 14.9 Å². The smallest absolute Gasteiger partial charge is 0.145 e. The van der Waals surface area contributed by atoms with E-state index in [1.165, 1.54) is 10.4 Å². The predicted molar refractivity (Wildman–Crippen MR) is 82.6 cm³/mol. The summed E-state index contributed by atoms with van der Waals surface area (Å²) in [6.45, 7) is 8.52. The largest absolute Gasteiger partial charge is 0.380 e. The zero-order chi connectivity index (χ0) is 14.1. The van der Waals surface area contributed by atoms with Crippen molar-refractivity contribution in [3.8, 4) is 0 Å². The summed E-state index contributed by atoms with van der Waals surface area (Å²) in [6.07, 6.45) is 1.06. The molecule has 2 aromatic heterocycles. The van der Waals surface area contributed by atoms with Gasteiger partial charge in [-0.2, -0.15) is 0 Å². The summed E-state index contributed by atoms with van der Waals surface area (Å²) < 4.78 is 5.47. The zero-order valence-corrected chi connectivity index (χ0v) is 13.4. The molecule has 0 saturated carbocycles. The van der Waals surface area contributed by atoms with E-state index in [-0.39, 0.29) is 0 Å². The number of ether oxygens (including phenoxy) is 1. The van der Waals surface area contributed by atoms with Crippen molar-refractivity contribution in [1.29, 1.82) is 0 Å². The van der Waals surface area contributed by atoms with Crippen molar-refractivity contribution in [2.45, 2.75) is 26.8 Å². The molecule has 0 unspecified atom stereocenters. The molecule has 0 atom stereocenters. The van der Waals surface area contributed by atoms with Gasteiger partial charge in [-0.25, -0.2) is 9.97 Å². The highest BCUT2D eigenvalue weighted by molar-refractivity contribution is 7.18. The van der Waals surface area contributed by atoms with Crippen LogP contribution in [0.5, 0.6) is 0 Å². The molecule has 0 bridgehead atoms. The van der Waals surface area contributed by atoms with Gasteiger partial charge in [0.25, 0.3) is 0 Å². The summed E-state index contributed by atoms with van der Waals surface area (Å²) in [5.41, 5.74) is 1.20. The number of hydrogen-bond donors (Lipinski definition) is 0. The maximum absolute atomic E-state index is 6.34. The molecule has 20 heavy (non-hydrogen) atoms. The quantitative estimate of drug-likeness (QED) is 0.798. The normalized spacial score (nSPS) is 17.6. The van der Waals surface area contributed by atoms with Crippen LogP contribution in [0.25, 0.3) is 10.2 Å². The van der Waals surface area contributed by atoms with Crippen molar-refractivity contribution in [3.05, 3.63) is 21.4 Å².